The van der Waals surface area contributed by atoms with Crippen LogP contribution in [-0.4, -0.2) is 11.4 Å². The predicted octanol–water partition coefficient (Wildman–Crippen LogP) is 3.51. The molecule has 18 heavy (non-hydrogen) atoms. The Morgan fingerprint density at radius 3 is 2.33 bits per heavy atom. The number of rotatable bonds is 3. The molecule has 4 rings (SSSR count). The standard InChI is InChI=1S/C16H27NO/c1-4-15-6-12-5-13(7-15)9-16(8-12,10-15)17-14(18)11(2)3/h11-13H,4-10H2,1-3H3,(H,17,18). The van der Waals surface area contributed by atoms with Gasteiger partial charge >= 0.3 is 0 Å². The summed E-state index contributed by atoms with van der Waals surface area (Å²) < 4.78 is 0. The minimum atomic E-state index is 0.121. The number of carbonyl (C=O) groups excluding carboxylic acids is 1. The molecule has 0 aliphatic heterocycles. The van der Waals surface area contributed by atoms with Gasteiger partial charge in [0.15, 0.2) is 0 Å². The predicted molar refractivity (Wildman–Crippen MR) is 73.1 cm³/mol. The van der Waals surface area contributed by atoms with E-state index in [4.69, 9.17) is 0 Å². The van der Waals surface area contributed by atoms with Gasteiger partial charge in [-0.05, 0) is 55.8 Å². The van der Waals surface area contributed by atoms with E-state index in [1.807, 2.05) is 13.8 Å². The smallest absolute Gasteiger partial charge is 0.222 e. The van der Waals surface area contributed by atoms with Crippen LogP contribution in [0.4, 0.5) is 0 Å². The summed E-state index contributed by atoms with van der Waals surface area (Å²) in [5.74, 6) is 2.16. The zero-order chi connectivity index (χ0) is 13.0. The minimum absolute atomic E-state index is 0.121. The van der Waals surface area contributed by atoms with Crippen LogP contribution in [0.15, 0.2) is 0 Å². The van der Waals surface area contributed by atoms with Gasteiger partial charge in [0.25, 0.3) is 0 Å². The van der Waals surface area contributed by atoms with Crippen molar-refractivity contribution in [2.75, 3.05) is 0 Å². The number of hydrogen-bond acceptors (Lipinski definition) is 1. The first-order valence-electron chi connectivity index (χ1n) is 7.78. The van der Waals surface area contributed by atoms with Crippen molar-refractivity contribution in [1.29, 1.82) is 0 Å². The molecule has 1 amide bonds. The average molecular weight is 249 g/mol. The van der Waals surface area contributed by atoms with Gasteiger partial charge in [-0.3, -0.25) is 4.79 Å². The van der Waals surface area contributed by atoms with Crippen LogP contribution in [-0.2, 0) is 4.79 Å². The Hall–Kier alpha value is -0.530. The van der Waals surface area contributed by atoms with Gasteiger partial charge in [0.2, 0.25) is 5.91 Å². The lowest BCUT2D eigenvalue weighted by Crippen LogP contribution is -2.63. The zero-order valence-electron chi connectivity index (χ0n) is 12.1. The Labute approximate surface area is 111 Å². The van der Waals surface area contributed by atoms with E-state index in [-0.39, 0.29) is 17.4 Å². The SMILES string of the molecule is CCC12CC3CC(C1)CC(NC(=O)C(C)C)(C3)C2. The van der Waals surface area contributed by atoms with Crippen LogP contribution < -0.4 is 5.32 Å². The molecular formula is C16H27NO. The van der Waals surface area contributed by atoms with Crippen molar-refractivity contribution in [3.63, 3.8) is 0 Å². The van der Waals surface area contributed by atoms with Crippen LogP contribution in [0, 0.1) is 23.2 Å². The Morgan fingerprint density at radius 1 is 1.22 bits per heavy atom. The van der Waals surface area contributed by atoms with Crippen LogP contribution >= 0.6 is 0 Å². The molecule has 0 saturated heterocycles. The van der Waals surface area contributed by atoms with Gasteiger partial charge in [0.05, 0.1) is 0 Å². The summed E-state index contributed by atoms with van der Waals surface area (Å²) in [6.45, 7) is 6.36. The van der Waals surface area contributed by atoms with Gasteiger partial charge in [0, 0.05) is 11.5 Å². The third-order valence-corrected chi connectivity index (χ3v) is 5.84. The van der Waals surface area contributed by atoms with E-state index in [1.54, 1.807) is 0 Å². The van der Waals surface area contributed by atoms with Crippen LogP contribution in [0.3, 0.4) is 0 Å². The van der Waals surface area contributed by atoms with Gasteiger partial charge in [-0.2, -0.15) is 0 Å². The Kier molecular flexibility index (Phi) is 2.76. The Balaban J connectivity index is 1.82. The lowest BCUT2D eigenvalue weighted by atomic mass is 9.46. The highest BCUT2D eigenvalue weighted by Crippen LogP contribution is 2.62. The van der Waals surface area contributed by atoms with E-state index < -0.39 is 0 Å². The fourth-order valence-electron chi connectivity index (χ4n) is 5.42. The molecule has 0 aromatic carbocycles. The summed E-state index contributed by atoms with van der Waals surface area (Å²) >= 11 is 0. The Morgan fingerprint density at radius 2 is 1.83 bits per heavy atom. The molecule has 4 aliphatic carbocycles. The van der Waals surface area contributed by atoms with Gasteiger partial charge in [-0.1, -0.05) is 27.2 Å². The largest absolute Gasteiger partial charge is 0.350 e. The van der Waals surface area contributed by atoms with Crippen molar-refractivity contribution in [3.8, 4) is 0 Å². The molecule has 0 radical (unpaired) electrons. The van der Waals surface area contributed by atoms with Gasteiger partial charge in [-0.25, -0.2) is 0 Å². The number of amides is 1. The highest BCUT2D eigenvalue weighted by atomic mass is 16.2. The maximum absolute atomic E-state index is 12.1. The summed E-state index contributed by atoms with van der Waals surface area (Å²) in [6, 6.07) is 0. The third-order valence-electron chi connectivity index (χ3n) is 5.84. The topological polar surface area (TPSA) is 29.1 Å². The van der Waals surface area contributed by atoms with Gasteiger partial charge in [-0.15, -0.1) is 0 Å². The lowest BCUT2D eigenvalue weighted by Gasteiger charge is -2.62. The van der Waals surface area contributed by atoms with Crippen molar-refractivity contribution in [2.45, 2.75) is 71.3 Å². The molecule has 4 fully saturated rings. The molecule has 0 heterocycles. The molecule has 0 aromatic heterocycles. The summed E-state index contributed by atoms with van der Waals surface area (Å²) in [4.78, 5) is 12.1. The highest BCUT2D eigenvalue weighted by Gasteiger charge is 2.57. The molecule has 2 atom stereocenters. The normalized spacial score (nSPS) is 45.6. The third kappa shape index (κ3) is 1.88. The van der Waals surface area contributed by atoms with Crippen LogP contribution in [0.1, 0.15) is 65.7 Å². The molecular weight excluding hydrogens is 222 g/mol. The first-order chi connectivity index (χ1) is 8.46. The molecule has 4 aliphatic rings. The van der Waals surface area contributed by atoms with Crippen molar-refractivity contribution < 1.29 is 4.79 Å². The van der Waals surface area contributed by atoms with Crippen LogP contribution in [0.5, 0.6) is 0 Å². The molecule has 1 N–H and O–H groups in total. The molecule has 4 saturated carbocycles. The van der Waals surface area contributed by atoms with E-state index >= 15 is 0 Å². The summed E-state index contributed by atoms with van der Waals surface area (Å²) in [7, 11) is 0. The fraction of sp³-hybridized carbons (Fsp3) is 0.938. The van der Waals surface area contributed by atoms with E-state index in [0.29, 0.717) is 5.41 Å². The summed E-state index contributed by atoms with van der Waals surface area (Å²) in [5.41, 5.74) is 0.732. The van der Waals surface area contributed by atoms with Crippen molar-refractivity contribution in [3.05, 3.63) is 0 Å². The second-order valence-corrected chi connectivity index (χ2v) is 7.74. The van der Waals surface area contributed by atoms with E-state index in [0.717, 1.165) is 11.8 Å². The Bertz CT molecular complexity index is 346. The first kappa shape index (κ1) is 12.5. The maximum atomic E-state index is 12.1. The first-order valence-corrected chi connectivity index (χ1v) is 7.78. The maximum Gasteiger partial charge on any atom is 0.222 e. The molecule has 102 valence electrons. The van der Waals surface area contributed by atoms with Crippen LogP contribution in [0.2, 0.25) is 0 Å². The second-order valence-electron chi connectivity index (χ2n) is 7.74. The number of hydrogen-bond donors (Lipinski definition) is 1. The van der Waals surface area contributed by atoms with Crippen molar-refractivity contribution in [1.82, 2.24) is 5.32 Å². The van der Waals surface area contributed by atoms with E-state index in [1.165, 1.54) is 44.9 Å². The minimum Gasteiger partial charge on any atom is -0.350 e. The molecule has 2 unspecified atom stereocenters. The van der Waals surface area contributed by atoms with E-state index in [9.17, 15) is 4.79 Å². The van der Waals surface area contributed by atoms with Gasteiger partial charge in [0.1, 0.15) is 0 Å². The highest BCUT2D eigenvalue weighted by molar-refractivity contribution is 5.78. The quantitative estimate of drug-likeness (QED) is 0.815. The lowest BCUT2D eigenvalue weighted by molar-refractivity contribution is -0.134. The molecule has 2 heteroatoms. The van der Waals surface area contributed by atoms with Crippen molar-refractivity contribution in [2.24, 2.45) is 23.2 Å². The van der Waals surface area contributed by atoms with E-state index in [2.05, 4.69) is 12.2 Å². The zero-order valence-corrected chi connectivity index (χ0v) is 12.1. The van der Waals surface area contributed by atoms with Crippen LogP contribution in [0.25, 0.3) is 0 Å². The van der Waals surface area contributed by atoms with Crippen molar-refractivity contribution >= 4 is 5.91 Å². The second kappa shape index (κ2) is 3.98. The number of carbonyl (C=O) groups is 1. The average Bonchev–Trinajstić information content (AvgIpc) is 2.26. The molecule has 0 aromatic rings. The number of nitrogens with one attached hydrogen (secondary N) is 1. The molecule has 2 nitrogen and oxygen atoms in total. The monoisotopic (exact) mass is 249 g/mol. The molecule has 4 bridgehead atoms. The molecule has 0 spiro atoms. The summed E-state index contributed by atoms with van der Waals surface area (Å²) in [5, 5.41) is 3.44. The fourth-order valence-corrected chi connectivity index (χ4v) is 5.42. The van der Waals surface area contributed by atoms with Gasteiger partial charge < -0.3 is 5.32 Å². The summed E-state index contributed by atoms with van der Waals surface area (Å²) in [6.07, 6.45) is 9.36.